The van der Waals surface area contributed by atoms with Crippen molar-refractivity contribution >= 4 is 21.8 Å². The molecule has 8 heteroatoms. The Labute approximate surface area is 172 Å². The van der Waals surface area contributed by atoms with Crippen LogP contribution in [0.4, 0.5) is 0 Å². The average Bonchev–Trinajstić information content (AvgIpc) is 2.95. The number of nitrogens with zero attached hydrogens (tertiary/aromatic N) is 2. The monoisotopic (exact) mass is 418 g/mol. The van der Waals surface area contributed by atoms with Gasteiger partial charge in [0.15, 0.2) is 6.67 Å². The van der Waals surface area contributed by atoms with Crippen molar-refractivity contribution in [2.75, 3.05) is 32.8 Å². The van der Waals surface area contributed by atoms with Crippen molar-refractivity contribution in [1.29, 1.82) is 0 Å². The van der Waals surface area contributed by atoms with Crippen LogP contribution in [-0.2, 0) is 19.6 Å². The highest BCUT2D eigenvalue weighted by atomic mass is 32.2. The third-order valence-electron chi connectivity index (χ3n) is 6.37. The number of allylic oxidation sites excluding steroid dienone is 2. The summed E-state index contributed by atoms with van der Waals surface area (Å²) in [6.07, 6.45) is 5.26. The maximum absolute atomic E-state index is 13.1. The normalized spacial score (nSPS) is 26.2. The second-order valence-electron chi connectivity index (χ2n) is 8.34. The molecular weight excluding hydrogens is 390 g/mol. The summed E-state index contributed by atoms with van der Waals surface area (Å²) in [5.41, 5.74) is 1.66. The van der Waals surface area contributed by atoms with Crippen molar-refractivity contribution < 1.29 is 22.9 Å². The van der Waals surface area contributed by atoms with Gasteiger partial charge >= 0.3 is 0 Å². The van der Waals surface area contributed by atoms with Gasteiger partial charge in [0.05, 0.1) is 42.9 Å². The Bertz CT molecular complexity index is 938. The zero-order valence-corrected chi connectivity index (χ0v) is 17.7. The summed E-state index contributed by atoms with van der Waals surface area (Å²) in [4.78, 5) is 28.2. The van der Waals surface area contributed by atoms with Crippen LogP contribution < -0.4 is 4.90 Å². The minimum atomic E-state index is -3.54. The predicted octanol–water partition coefficient (Wildman–Crippen LogP) is 0.101. The van der Waals surface area contributed by atoms with E-state index in [-0.39, 0.29) is 23.7 Å². The van der Waals surface area contributed by atoms with Gasteiger partial charge in [0.25, 0.3) is 0 Å². The maximum Gasteiger partial charge on any atom is 0.243 e. The van der Waals surface area contributed by atoms with Crippen LogP contribution in [-0.4, -0.2) is 62.3 Å². The van der Waals surface area contributed by atoms with Crippen LogP contribution >= 0.6 is 0 Å². The summed E-state index contributed by atoms with van der Waals surface area (Å²) in [5.74, 6) is -0.555. The van der Waals surface area contributed by atoms with E-state index in [2.05, 4.69) is 0 Å². The number of likely N-dealkylation sites (tertiary alicyclic amines) is 1. The zero-order valence-electron chi connectivity index (χ0n) is 16.9. The molecule has 0 spiro atoms. The van der Waals surface area contributed by atoms with E-state index in [1.807, 2.05) is 38.1 Å². The molecule has 0 saturated carbocycles. The fourth-order valence-electron chi connectivity index (χ4n) is 4.57. The molecule has 0 aromatic heterocycles. The number of aryl methyl sites for hydroxylation is 2. The first-order valence-corrected chi connectivity index (χ1v) is 11.6. The molecule has 1 N–H and O–H groups in total. The number of sulfonamides is 1. The van der Waals surface area contributed by atoms with E-state index in [1.165, 1.54) is 9.21 Å². The molecule has 1 aromatic rings. The van der Waals surface area contributed by atoms with E-state index < -0.39 is 10.0 Å². The van der Waals surface area contributed by atoms with Gasteiger partial charge in [0.1, 0.15) is 0 Å². The number of piperazine rings is 1. The number of hydrogen-bond donors (Lipinski definition) is 1. The Kier molecular flexibility index (Phi) is 5.35. The third kappa shape index (κ3) is 3.65. The van der Waals surface area contributed by atoms with Crippen LogP contribution in [0.15, 0.2) is 35.2 Å². The van der Waals surface area contributed by atoms with Gasteiger partial charge in [-0.2, -0.15) is 4.31 Å². The van der Waals surface area contributed by atoms with Gasteiger partial charge in [-0.1, -0.05) is 24.3 Å². The lowest BCUT2D eigenvalue weighted by Crippen LogP contribution is -3.16. The highest BCUT2D eigenvalue weighted by Gasteiger charge is 2.48. The molecule has 2 heterocycles. The molecule has 1 aromatic carbocycles. The molecule has 1 aliphatic carbocycles. The molecule has 2 saturated heterocycles. The predicted molar refractivity (Wildman–Crippen MR) is 107 cm³/mol. The topological polar surface area (TPSA) is 79.2 Å². The average molecular weight is 419 g/mol. The Morgan fingerprint density at radius 1 is 1.00 bits per heavy atom. The largest absolute Gasteiger partial charge is 0.315 e. The second kappa shape index (κ2) is 7.66. The lowest BCUT2D eigenvalue weighted by molar-refractivity contribution is -0.910. The van der Waals surface area contributed by atoms with Crippen LogP contribution in [0.25, 0.3) is 0 Å². The summed E-state index contributed by atoms with van der Waals surface area (Å²) < 4.78 is 27.7. The van der Waals surface area contributed by atoms with E-state index in [4.69, 9.17) is 0 Å². The molecule has 2 atom stereocenters. The first-order chi connectivity index (χ1) is 13.8. The molecule has 3 aliphatic rings. The number of carbonyl (C=O) groups is 2. The minimum Gasteiger partial charge on any atom is -0.315 e. The number of amides is 2. The van der Waals surface area contributed by atoms with Crippen molar-refractivity contribution in [3.63, 3.8) is 0 Å². The van der Waals surface area contributed by atoms with E-state index >= 15 is 0 Å². The molecule has 156 valence electrons. The van der Waals surface area contributed by atoms with Gasteiger partial charge in [0.2, 0.25) is 21.8 Å². The van der Waals surface area contributed by atoms with Crippen molar-refractivity contribution in [3.8, 4) is 0 Å². The van der Waals surface area contributed by atoms with Crippen molar-refractivity contribution in [2.45, 2.75) is 31.6 Å². The Balaban J connectivity index is 1.40. The number of carbonyl (C=O) groups excluding carboxylic acids is 2. The number of imide groups is 1. The molecule has 0 bridgehead atoms. The van der Waals surface area contributed by atoms with Crippen LogP contribution in [0.3, 0.4) is 0 Å². The van der Waals surface area contributed by atoms with Crippen molar-refractivity contribution in [3.05, 3.63) is 41.5 Å². The lowest BCUT2D eigenvalue weighted by atomic mass is 9.85. The zero-order chi connectivity index (χ0) is 20.8. The van der Waals surface area contributed by atoms with E-state index in [9.17, 15) is 18.0 Å². The molecular formula is C21H28N3O4S+. The first-order valence-electron chi connectivity index (χ1n) is 10.2. The lowest BCUT2D eigenvalue weighted by Gasteiger charge is -2.33. The van der Waals surface area contributed by atoms with Gasteiger partial charge in [-0.3, -0.25) is 9.59 Å². The number of fused-ring (bicyclic) bond motifs is 1. The van der Waals surface area contributed by atoms with Crippen LogP contribution in [0.5, 0.6) is 0 Å². The highest BCUT2D eigenvalue weighted by Crippen LogP contribution is 2.34. The second-order valence-corrected chi connectivity index (χ2v) is 10.2. The molecule has 0 radical (unpaired) electrons. The molecule has 29 heavy (non-hydrogen) atoms. The summed E-state index contributed by atoms with van der Waals surface area (Å²) in [5, 5.41) is 0. The first kappa shape index (κ1) is 20.3. The van der Waals surface area contributed by atoms with Crippen molar-refractivity contribution in [2.24, 2.45) is 11.8 Å². The van der Waals surface area contributed by atoms with Crippen LogP contribution in [0, 0.1) is 25.7 Å². The summed E-state index contributed by atoms with van der Waals surface area (Å²) in [6, 6.07) is 5.47. The Hall–Kier alpha value is -2.03. The number of quaternary nitrogens is 1. The molecule has 4 rings (SSSR count). The van der Waals surface area contributed by atoms with E-state index in [0.29, 0.717) is 50.6 Å². The molecule has 2 amide bonds. The molecule has 7 nitrogen and oxygen atoms in total. The van der Waals surface area contributed by atoms with Crippen molar-refractivity contribution in [1.82, 2.24) is 9.21 Å². The Morgan fingerprint density at radius 2 is 1.59 bits per heavy atom. The highest BCUT2D eigenvalue weighted by molar-refractivity contribution is 7.89. The van der Waals surface area contributed by atoms with Gasteiger partial charge in [-0.25, -0.2) is 13.3 Å². The number of nitrogens with one attached hydrogen (secondary N) is 1. The fraction of sp³-hybridized carbons (Fsp3) is 0.524. The summed E-state index contributed by atoms with van der Waals surface area (Å²) in [6.45, 7) is 5.96. The van der Waals surface area contributed by atoms with E-state index in [1.54, 1.807) is 6.07 Å². The molecule has 2 fully saturated rings. The quantitative estimate of drug-likeness (QED) is 0.556. The van der Waals surface area contributed by atoms with Gasteiger partial charge in [0, 0.05) is 0 Å². The summed E-state index contributed by atoms with van der Waals surface area (Å²) >= 11 is 0. The Morgan fingerprint density at radius 3 is 2.17 bits per heavy atom. The minimum absolute atomic E-state index is 0.0673. The summed E-state index contributed by atoms with van der Waals surface area (Å²) in [7, 11) is -3.54. The smallest absolute Gasteiger partial charge is 0.243 e. The van der Waals surface area contributed by atoms with Crippen LogP contribution in [0.1, 0.15) is 24.0 Å². The van der Waals surface area contributed by atoms with Gasteiger partial charge < -0.3 is 4.90 Å². The molecule has 2 aliphatic heterocycles. The maximum atomic E-state index is 13.1. The van der Waals surface area contributed by atoms with Crippen LogP contribution in [0.2, 0.25) is 0 Å². The SMILES string of the molecule is Cc1ccc(C)c(S(=O)(=O)N2CC[NH+](CN3C(=O)[C@H]4CC=CC[C@H]4C3=O)CC2)c1. The standard InChI is InChI=1S/C21H27N3O4S/c1-15-7-8-16(2)19(13-15)29(27,28)23-11-9-22(10-12-23)14-24-20(25)17-5-3-4-6-18(17)21(24)26/h3-4,7-8,13,17-18H,5-6,9-12,14H2,1-2H3/p+1/t17-,18+. The van der Waals surface area contributed by atoms with Gasteiger partial charge in [-0.15, -0.1) is 0 Å². The molecule has 0 unspecified atom stereocenters. The number of rotatable bonds is 4. The number of hydrogen-bond acceptors (Lipinski definition) is 4. The van der Waals surface area contributed by atoms with E-state index in [0.717, 1.165) is 16.0 Å². The number of benzene rings is 1. The fourth-order valence-corrected chi connectivity index (χ4v) is 6.32. The van der Waals surface area contributed by atoms with Gasteiger partial charge in [-0.05, 0) is 43.9 Å². The third-order valence-corrected chi connectivity index (χ3v) is 8.41.